The third-order valence-electron chi connectivity index (χ3n) is 6.57. The summed E-state index contributed by atoms with van der Waals surface area (Å²) < 4.78 is 0. The molecular formula is C24H28N2. The molecule has 1 aliphatic heterocycles. The van der Waals surface area contributed by atoms with Gasteiger partial charge in [-0.1, -0.05) is 42.5 Å². The van der Waals surface area contributed by atoms with E-state index < -0.39 is 0 Å². The summed E-state index contributed by atoms with van der Waals surface area (Å²) in [5, 5.41) is 1.35. The second kappa shape index (κ2) is 6.92. The molecule has 0 bridgehead atoms. The molecule has 0 atom stereocenters. The third-order valence-corrected chi connectivity index (χ3v) is 6.57. The standard InChI is InChI=1S/C24H28N2/c1-2-6-21-16-18(15-20(21)5-1)9-12-26-13-10-19(11-14-26)24-17-22-7-3-4-8-23(22)25-24/h1-8,17-19,25H,9-16H2. The molecule has 0 radical (unpaired) electrons. The van der Waals surface area contributed by atoms with Crippen LogP contribution >= 0.6 is 0 Å². The molecule has 0 saturated carbocycles. The Bertz CT molecular complexity index is 828. The van der Waals surface area contributed by atoms with Crippen molar-refractivity contribution in [3.05, 3.63) is 71.4 Å². The number of likely N-dealkylation sites (tertiary alicyclic amines) is 1. The maximum atomic E-state index is 3.65. The zero-order chi connectivity index (χ0) is 17.3. The first-order valence-corrected chi connectivity index (χ1v) is 10.2. The largest absolute Gasteiger partial charge is 0.358 e. The number of nitrogens with one attached hydrogen (secondary N) is 1. The highest BCUT2D eigenvalue weighted by Gasteiger charge is 2.24. The Morgan fingerprint density at radius 1 is 0.885 bits per heavy atom. The van der Waals surface area contributed by atoms with Gasteiger partial charge in [-0.3, -0.25) is 0 Å². The number of para-hydroxylation sites is 1. The summed E-state index contributed by atoms with van der Waals surface area (Å²) in [5.41, 5.74) is 5.91. The highest BCUT2D eigenvalue weighted by Crippen LogP contribution is 2.32. The number of benzene rings is 2. The van der Waals surface area contributed by atoms with Gasteiger partial charge in [-0.15, -0.1) is 0 Å². The molecular weight excluding hydrogens is 316 g/mol. The van der Waals surface area contributed by atoms with Gasteiger partial charge in [0.05, 0.1) is 0 Å². The number of rotatable bonds is 4. The van der Waals surface area contributed by atoms with Crippen LogP contribution in [0.5, 0.6) is 0 Å². The average Bonchev–Trinajstić information content (AvgIpc) is 3.30. The minimum Gasteiger partial charge on any atom is -0.358 e. The molecule has 1 aromatic heterocycles. The average molecular weight is 345 g/mol. The van der Waals surface area contributed by atoms with Gasteiger partial charge in [-0.2, -0.15) is 0 Å². The number of fused-ring (bicyclic) bond motifs is 2. The molecule has 5 rings (SSSR count). The van der Waals surface area contributed by atoms with E-state index in [4.69, 9.17) is 0 Å². The molecule has 3 aromatic rings. The molecule has 1 saturated heterocycles. The number of aromatic nitrogens is 1. The van der Waals surface area contributed by atoms with Crippen LogP contribution in [0.25, 0.3) is 10.9 Å². The lowest BCUT2D eigenvalue weighted by atomic mass is 9.93. The van der Waals surface area contributed by atoms with Gasteiger partial charge in [0.25, 0.3) is 0 Å². The van der Waals surface area contributed by atoms with Crippen molar-refractivity contribution in [2.45, 2.75) is 38.0 Å². The van der Waals surface area contributed by atoms with E-state index >= 15 is 0 Å². The number of hydrogen-bond donors (Lipinski definition) is 1. The lowest BCUT2D eigenvalue weighted by Crippen LogP contribution is -2.34. The minimum atomic E-state index is 0.703. The van der Waals surface area contributed by atoms with Crippen molar-refractivity contribution in [1.82, 2.24) is 9.88 Å². The second-order valence-corrected chi connectivity index (χ2v) is 8.26. The molecule has 1 aliphatic carbocycles. The van der Waals surface area contributed by atoms with Crippen LogP contribution in [0, 0.1) is 5.92 Å². The molecule has 2 heterocycles. The highest BCUT2D eigenvalue weighted by atomic mass is 15.1. The third kappa shape index (κ3) is 3.19. The number of piperidine rings is 1. The van der Waals surface area contributed by atoms with E-state index in [0.29, 0.717) is 5.92 Å². The first-order chi connectivity index (χ1) is 12.8. The Labute approximate surface area is 156 Å². The van der Waals surface area contributed by atoms with Crippen molar-refractivity contribution in [2.75, 3.05) is 19.6 Å². The minimum absolute atomic E-state index is 0.703. The zero-order valence-corrected chi connectivity index (χ0v) is 15.5. The summed E-state index contributed by atoms with van der Waals surface area (Å²) in [7, 11) is 0. The van der Waals surface area contributed by atoms with Crippen LogP contribution in [-0.4, -0.2) is 29.5 Å². The van der Waals surface area contributed by atoms with Gasteiger partial charge in [-0.25, -0.2) is 0 Å². The molecule has 2 nitrogen and oxygen atoms in total. The first-order valence-electron chi connectivity index (χ1n) is 10.2. The van der Waals surface area contributed by atoms with Gasteiger partial charge in [0.1, 0.15) is 0 Å². The first kappa shape index (κ1) is 16.1. The predicted octanol–water partition coefficient (Wildman–Crippen LogP) is 5.15. The zero-order valence-electron chi connectivity index (χ0n) is 15.5. The van der Waals surface area contributed by atoms with Crippen molar-refractivity contribution < 1.29 is 0 Å². The van der Waals surface area contributed by atoms with Gasteiger partial charge >= 0.3 is 0 Å². The summed E-state index contributed by atoms with van der Waals surface area (Å²) >= 11 is 0. The van der Waals surface area contributed by atoms with Gasteiger partial charge in [-0.05, 0) is 86.3 Å². The van der Waals surface area contributed by atoms with Crippen LogP contribution in [0.1, 0.15) is 42.0 Å². The van der Waals surface area contributed by atoms with Crippen LogP contribution in [0.4, 0.5) is 0 Å². The molecule has 0 unspecified atom stereocenters. The smallest absolute Gasteiger partial charge is 0.0456 e. The summed E-state index contributed by atoms with van der Waals surface area (Å²) in [5.74, 6) is 1.56. The fraction of sp³-hybridized carbons (Fsp3) is 0.417. The molecule has 134 valence electrons. The van der Waals surface area contributed by atoms with Crippen LogP contribution in [0.3, 0.4) is 0 Å². The van der Waals surface area contributed by atoms with Crippen LogP contribution < -0.4 is 0 Å². The fourth-order valence-corrected chi connectivity index (χ4v) is 5.00. The number of H-pyrrole nitrogens is 1. The summed E-state index contributed by atoms with van der Waals surface area (Å²) in [6.45, 7) is 3.78. The van der Waals surface area contributed by atoms with E-state index in [9.17, 15) is 0 Å². The van der Waals surface area contributed by atoms with E-state index in [1.807, 2.05) is 0 Å². The summed E-state index contributed by atoms with van der Waals surface area (Å²) in [6, 6.07) is 20.0. The number of hydrogen-bond acceptors (Lipinski definition) is 1. The van der Waals surface area contributed by atoms with Gasteiger partial charge in [0, 0.05) is 17.1 Å². The van der Waals surface area contributed by atoms with Crippen molar-refractivity contribution in [3.8, 4) is 0 Å². The van der Waals surface area contributed by atoms with Crippen molar-refractivity contribution in [1.29, 1.82) is 0 Å². The second-order valence-electron chi connectivity index (χ2n) is 8.26. The summed E-state index contributed by atoms with van der Waals surface area (Å²) in [4.78, 5) is 6.35. The molecule has 2 heteroatoms. The van der Waals surface area contributed by atoms with E-state index in [1.54, 1.807) is 11.1 Å². The molecule has 0 spiro atoms. The normalized spacial score (nSPS) is 19.2. The van der Waals surface area contributed by atoms with Crippen molar-refractivity contribution in [2.24, 2.45) is 5.92 Å². The Balaban J connectivity index is 1.13. The maximum Gasteiger partial charge on any atom is 0.0456 e. The lowest BCUT2D eigenvalue weighted by molar-refractivity contribution is 0.198. The van der Waals surface area contributed by atoms with E-state index in [-0.39, 0.29) is 0 Å². The Hall–Kier alpha value is -2.06. The Kier molecular flexibility index (Phi) is 4.30. The summed E-state index contributed by atoms with van der Waals surface area (Å²) in [6.07, 6.45) is 6.52. The molecule has 2 aliphatic rings. The van der Waals surface area contributed by atoms with Crippen LogP contribution in [0.15, 0.2) is 54.6 Å². The Morgan fingerprint density at radius 3 is 2.31 bits per heavy atom. The lowest BCUT2D eigenvalue weighted by Gasteiger charge is -2.32. The number of aromatic amines is 1. The van der Waals surface area contributed by atoms with Crippen molar-refractivity contribution >= 4 is 10.9 Å². The van der Waals surface area contributed by atoms with E-state index in [0.717, 1.165) is 5.92 Å². The fourth-order valence-electron chi connectivity index (χ4n) is 5.00. The molecule has 1 N–H and O–H groups in total. The van der Waals surface area contributed by atoms with Crippen molar-refractivity contribution in [3.63, 3.8) is 0 Å². The predicted molar refractivity (Wildman–Crippen MR) is 109 cm³/mol. The SMILES string of the molecule is c1ccc2c(c1)CC(CCN1CCC(c3cc4ccccc4[nH]3)CC1)C2. The molecule has 0 amide bonds. The van der Waals surface area contributed by atoms with E-state index in [1.165, 1.54) is 68.3 Å². The quantitative estimate of drug-likeness (QED) is 0.693. The van der Waals surface area contributed by atoms with E-state index in [2.05, 4.69) is 64.5 Å². The van der Waals surface area contributed by atoms with Gasteiger partial charge in [0.15, 0.2) is 0 Å². The highest BCUT2D eigenvalue weighted by molar-refractivity contribution is 5.80. The van der Waals surface area contributed by atoms with Crippen LogP contribution in [0.2, 0.25) is 0 Å². The maximum absolute atomic E-state index is 3.65. The molecule has 1 fully saturated rings. The molecule has 2 aromatic carbocycles. The van der Waals surface area contributed by atoms with Gasteiger partial charge in [0.2, 0.25) is 0 Å². The monoisotopic (exact) mass is 344 g/mol. The molecule has 26 heavy (non-hydrogen) atoms. The number of nitrogens with zero attached hydrogens (tertiary/aromatic N) is 1. The van der Waals surface area contributed by atoms with Crippen LogP contribution in [-0.2, 0) is 12.8 Å². The topological polar surface area (TPSA) is 19.0 Å². The van der Waals surface area contributed by atoms with Gasteiger partial charge < -0.3 is 9.88 Å². The Morgan fingerprint density at radius 2 is 1.58 bits per heavy atom.